The molecule has 2 N–H and O–H groups in total. The summed E-state index contributed by atoms with van der Waals surface area (Å²) >= 11 is 0. The van der Waals surface area contributed by atoms with E-state index in [1.54, 1.807) is 0 Å². The Morgan fingerprint density at radius 3 is 2.25 bits per heavy atom. The molecule has 0 atom stereocenters. The Labute approximate surface area is 49.6 Å². The van der Waals surface area contributed by atoms with Gasteiger partial charge in [-0.15, -0.1) is 0 Å². The molecule has 0 heterocycles. The van der Waals surface area contributed by atoms with Crippen molar-refractivity contribution in [2.45, 2.75) is 25.3 Å². The van der Waals surface area contributed by atoms with Gasteiger partial charge >= 0.3 is 0 Å². The molecular weight excluding hydrogens is 98.1 g/mol. The van der Waals surface area contributed by atoms with Crippen LogP contribution in [0.3, 0.4) is 0 Å². The van der Waals surface area contributed by atoms with E-state index in [9.17, 15) is 0 Å². The van der Waals surface area contributed by atoms with Gasteiger partial charge in [0, 0.05) is 6.04 Å². The first-order valence-corrected chi connectivity index (χ1v) is 3.24. The Morgan fingerprint density at radius 1 is 1.50 bits per heavy atom. The van der Waals surface area contributed by atoms with E-state index in [0.29, 0.717) is 11.5 Å². The van der Waals surface area contributed by atoms with E-state index in [0.717, 1.165) is 0 Å². The zero-order valence-electron chi connectivity index (χ0n) is 4.93. The SMILES string of the molecule is NC1CC2(C=CC2)C1. The Morgan fingerprint density at radius 2 is 2.12 bits per heavy atom. The second kappa shape index (κ2) is 1.16. The highest BCUT2D eigenvalue weighted by Gasteiger charge is 2.42. The molecule has 8 heavy (non-hydrogen) atoms. The Balaban J connectivity index is 2.03. The fourth-order valence-electron chi connectivity index (χ4n) is 1.74. The number of nitrogens with two attached hydrogens (primary N) is 1. The lowest BCUT2D eigenvalue weighted by Crippen LogP contribution is -2.47. The maximum absolute atomic E-state index is 5.63. The molecule has 0 aromatic rings. The van der Waals surface area contributed by atoms with Crippen molar-refractivity contribution in [2.75, 3.05) is 0 Å². The molecule has 1 saturated carbocycles. The molecule has 0 unspecified atom stereocenters. The molecular formula is C7H11N. The van der Waals surface area contributed by atoms with Gasteiger partial charge in [-0.2, -0.15) is 0 Å². The number of hydrogen-bond donors (Lipinski definition) is 1. The molecule has 0 bridgehead atoms. The van der Waals surface area contributed by atoms with Crippen LogP contribution in [0.2, 0.25) is 0 Å². The van der Waals surface area contributed by atoms with Crippen LogP contribution in [0.15, 0.2) is 12.2 Å². The maximum atomic E-state index is 5.63. The Hall–Kier alpha value is -0.300. The molecule has 2 aliphatic carbocycles. The van der Waals surface area contributed by atoms with Crippen LogP contribution in [0.4, 0.5) is 0 Å². The highest BCUT2D eigenvalue weighted by atomic mass is 14.7. The smallest absolute Gasteiger partial charge is 0.00556 e. The summed E-state index contributed by atoms with van der Waals surface area (Å²) in [6.45, 7) is 0. The standard InChI is InChI=1S/C7H11N/c8-6-4-7(5-6)2-1-3-7/h1-2,6H,3-5,8H2. The topological polar surface area (TPSA) is 26.0 Å². The summed E-state index contributed by atoms with van der Waals surface area (Å²) < 4.78 is 0. The molecule has 0 aromatic carbocycles. The third-order valence-electron chi connectivity index (χ3n) is 2.33. The van der Waals surface area contributed by atoms with E-state index in [2.05, 4.69) is 12.2 Å². The van der Waals surface area contributed by atoms with Gasteiger partial charge in [0.05, 0.1) is 0 Å². The van der Waals surface area contributed by atoms with E-state index >= 15 is 0 Å². The van der Waals surface area contributed by atoms with Crippen molar-refractivity contribution in [1.82, 2.24) is 0 Å². The molecule has 0 amide bonds. The predicted molar refractivity (Wildman–Crippen MR) is 33.4 cm³/mol. The average Bonchev–Trinajstić information content (AvgIpc) is 1.51. The molecule has 1 spiro atoms. The molecule has 0 aromatic heterocycles. The minimum Gasteiger partial charge on any atom is -0.328 e. The van der Waals surface area contributed by atoms with Crippen LogP contribution in [0.1, 0.15) is 19.3 Å². The van der Waals surface area contributed by atoms with Gasteiger partial charge in [-0.1, -0.05) is 12.2 Å². The summed E-state index contributed by atoms with van der Waals surface area (Å²) in [5, 5.41) is 0. The summed E-state index contributed by atoms with van der Waals surface area (Å²) in [4.78, 5) is 0. The van der Waals surface area contributed by atoms with Crippen molar-refractivity contribution >= 4 is 0 Å². The van der Waals surface area contributed by atoms with Crippen LogP contribution in [0, 0.1) is 5.41 Å². The van der Waals surface area contributed by atoms with Crippen LogP contribution in [-0.4, -0.2) is 6.04 Å². The summed E-state index contributed by atoms with van der Waals surface area (Å²) in [6, 6.07) is 0.514. The van der Waals surface area contributed by atoms with Gasteiger partial charge in [0.1, 0.15) is 0 Å². The Bertz CT molecular complexity index is 131. The first-order chi connectivity index (χ1) is 3.81. The highest BCUT2D eigenvalue weighted by Crippen LogP contribution is 2.49. The van der Waals surface area contributed by atoms with Gasteiger partial charge in [-0.05, 0) is 24.7 Å². The summed E-state index contributed by atoms with van der Waals surface area (Å²) in [6.07, 6.45) is 8.33. The van der Waals surface area contributed by atoms with Gasteiger partial charge in [-0.25, -0.2) is 0 Å². The van der Waals surface area contributed by atoms with Crippen LogP contribution in [0.25, 0.3) is 0 Å². The fraction of sp³-hybridized carbons (Fsp3) is 0.714. The monoisotopic (exact) mass is 109 g/mol. The number of allylic oxidation sites excluding steroid dienone is 2. The first kappa shape index (κ1) is 4.57. The molecule has 44 valence electrons. The van der Waals surface area contributed by atoms with Gasteiger partial charge in [0.25, 0.3) is 0 Å². The van der Waals surface area contributed by atoms with Gasteiger partial charge in [0.2, 0.25) is 0 Å². The lowest BCUT2D eigenvalue weighted by molar-refractivity contribution is 0.149. The molecule has 1 heteroatoms. The summed E-state index contributed by atoms with van der Waals surface area (Å²) in [7, 11) is 0. The third kappa shape index (κ3) is 0.402. The average molecular weight is 109 g/mol. The molecule has 0 radical (unpaired) electrons. The van der Waals surface area contributed by atoms with Crippen molar-refractivity contribution in [3.63, 3.8) is 0 Å². The summed E-state index contributed by atoms with van der Waals surface area (Å²) in [5.41, 5.74) is 6.24. The Kier molecular flexibility index (Phi) is 0.662. The fourth-order valence-corrected chi connectivity index (χ4v) is 1.74. The van der Waals surface area contributed by atoms with E-state index in [4.69, 9.17) is 5.73 Å². The van der Waals surface area contributed by atoms with E-state index in [1.165, 1.54) is 19.3 Å². The predicted octanol–water partition coefficient (Wildman–Crippen LogP) is 1.05. The lowest BCUT2D eigenvalue weighted by Gasteiger charge is -2.48. The largest absolute Gasteiger partial charge is 0.328 e. The lowest BCUT2D eigenvalue weighted by atomic mass is 9.59. The molecule has 2 rings (SSSR count). The quantitative estimate of drug-likeness (QED) is 0.462. The number of hydrogen-bond acceptors (Lipinski definition) is 1. The van der Waals surface area contributed by atoms with Gasteiger partial charge < -0.3 is 5.73 Å². The van der Waals surface area contributed by atoms with Gasteiger partial charge in [-0.3, -0.25) is 0 Å². The number of rotatable bonds is 0. The van der Waals surface area contributed by atoms with E-state index in [-0.39, 0.29) is 0 Å². The maximum Gasteiger partial charge on any atom is 0.00556 e. The highest BCUT2D eigenvalue weighted by molar-refractivity contribution is 5.19. The van der Waals surface area contributed by atoms with Crippen LogP contribution < -0.4 is 5.73 Å². The molecule has 2 aliphatic rings. The first-order valence-electron chi connectivity index (χ1n) is 3.24. The van der Waals surface area contributed by atoms with Crippen LogP contribution in [0.5, 0.6) is 0 Å². The molecule has 0 aliphatic heterocycles. The van der Waals surface area contributed by atoms with Crippen molar-refractivity contribution in [3.05, 3.63) is 12.2 Å². The third-order valence-corrected chi connectivity index (χ3v) is 2.33. The second-order valence-electron chi connectivity index (χ2n) is 3.14. The zero-order chi connectivity index (χ0) is 5.61. The molecule has 0 saturated heterocycles. The van der Waals surface area contributed by atoms with Crippen molar-refractivity contribution in [2.24, 2.45) is 11.1 Å². The van der Waals surface area contributed by atoms with Crippen molar-refractivity contribution in [3.8, 4) is 0 Å². The van der Waals surface area contributed by atoms with E-state index in [1.807, 2.05) is 0 Å². The van der Waals surface area contributed by atoms with Crippen molar-refractivity contribution < 1.29 is 0 Å². The van der Waals surface area contributed by atoms with Crippen LogP contribution in [-0.2, 0) is 0 Å². The summed E-state index contributed by atoms with van der Waals surface area (Å²) in [5.74, 6) is 0. The second-order valence-corrected chi connectivity index (χ2v) is 3.14. The van der Waals surface area contributed by atoms with Gasteiger partial charge in [0.15, 0.2) is 0 Å². The normalized spacial score (nSPS) is 50.9. The minimum atomic E-state index is 0.514. The molecule has 1 nitrogen and oxygen atoms in total. The molecule has 1 fully saturated rings. The zero-order valence-corrected chi connectivity index (χ0v) is 4.93. The van der Waals surface area contributed by atoms with Crippen molar-refractivity contribution in [1.29, 1.82) is 0 Å². The minimum absolute atomic E-state index is 0.514. The van der Waals surface area contributed by atoms with E-state index < -0.39 is 0 Å². The van der Waals surface area contributed by atoms with Crippen LogP contribution >= 0.6 is 0 Å².